The van der Waals surface area contributed by atoms with E-state index in [2.05, 4.69) is 10.0 Å². The van der Waals surface area contributed by atoms with Crippen LogP contribution in [-0.2, 0) is 21.2 Å². The van der Waals surface area contributed by atoms with Gasteiger partial charge in [-0.15, -0.1) is 0 Å². The number of anilines is 1. The molecule has 2 N–H and O–H groups in total. The van der Waals surface area contributed by atoms with Crippen molar-refractivity contribution in [2.24, 2.45) is 0 Å². The van der Waals surface area contributed by atoms with Crippen molar-refractivity contribution in [3.8, 4) is 17.2 Å². The average molecular weight is 519 g/mol. The van der Waals surface area contributed by atoms with Crippen LogP contribution in [0.4, 0.5) is 5.69 Å². The molecule has 0 aliphatic rings. The second kappa shape index (κ2) is 11.4. The summed E-state index contributed by atoms with van der Waals surface area (Å²) in [6, 6.07) is 15.5. The van der Waals surface area contributed by atoms with Crippen molar-refractivity contribution in [2.45, 2.75) is 24.3 Å². The summed E-state index contributed by atoms with van der Waals surface area (Å²) >= 11 is 6.16. The van der Waals surface area contributed by atoms with Crippen molar-refractivity contribution in [2.75, 3.05) is 26.6 Å². The Morgan fingerprint density at radius 2 is 1.57 bits per heavy atom. The lowest BCUT2D eigenvalue weighted by Gasteiger charge is -2.20. The molecule has 0 saturated carbocycles. The Kier molecular flexibility index (Phi) is 8.61. The molecule has 186 valence electrons. The molecule has 1 amide bonds. The average Bonchev–Trinajstić information content (AvgIpc) is 2.84. The summed E-state index contributed by atoms with van der Waals surface area (Å²) in [5, 5.41) is 3.04. The predicted octanol–water partition coefficient (Wildman–Crippen LogP) is 4.20. The summed E-state index contributed by atoms with van der Waals surface area (Å²) in [4.78, 5) is 13.4. The van der Waals surface area contributed by atoms with Gasteiger partial charge in [-0.1, -0.05) is 41.9 Å². The van der Waals surface area contributed by atoms with E-state index in [-0.39, 0.29) is 17.0 Å². The van der Waals surface area contributed by atoms with Crippen molar-refractivity contribution in [3.63, 3.8) is 0 Å². The molecular weight excluding hydrogens is 492 g/mol. The summed E-state index contributed by atoms with van der Waals surface area (Å²) in [5.74, 6) is 0.615. The first-order valence-electron chi connectivity index (χ1n) is 10.6. The molecule has 0 saturated heterocycles. The Morgan fingerprint density at radius 1 is 0.914 bits per heavy atom. The van der Waals surface area contributed by atoms with Crippen LogP contribution in [0.15, 0.2) is 65.6 Å². The number of carbonyl (C=O) groups is 1. The van der Waals surface area contributed by atoms with Gasteiger partial charge in [0.05, 0.1) is 36.9 Å². The van der Waals surface area contributed by atoms with E-state index in [1.54, 1.807) is 13.0 Å². The zero-order valence-corrected chi connectivity index (χ0v) is 21.4. The van der Waals surface area contributed by atoms with Crippen LogP contribution in [0.5, 0.6) is 17.2 Å². The summed E-state index contributed by atoms with van der Waals surface area (Å²) in [5.41, 5.74) is 1.72. The number of carbonyl (C=O) groups excluding carboxylic acids is 1. The molecule has 0 aromatic heterocycles. The van der Waals surface area contributed by atoms with Gasteiger partial charge in [0, 0.05) is 12.1 Å². The maximum absolute atomic E-state index is 13.4. The number of hydrogen-bond donors (Lipinski definition) is 2. The van der Waals surface area contributed by atoms with E-state index in [4.69, 9.17) is 25.8 Å². The monoisotopic (exact) mass is 518 g/mol. The standard InChI is InChI=1S/C25H27ClN2O6S/c1-16-12-18(10-11-22(16)32-2)35(30,31)28-21(13-17-8-6-5-7-9-17)25(29)27-20-15-23(33-3)19(26)14-24(20)34-4/h5-12,14-15,21,28H,13H2,1-4H3,(H,27,29)/t21-/m1/s1. The van der Waals surface area contributed by atoms with Gasteiger partial charge in [-0.2, -0.15) is 4.72 Å². The van der Waals surface area contributed by atoms with Crippen LogP contribution >= 0.6 is 11.6 Å². The molecule has 0 aliphatic carbocycles. The molecule has 0 aliphatic heterocycles. The van der Waals surface area contributed by atoms with E-state index in [9.17, 15) is 13.2 Å². The lowest BCUT2D eigenvalue weighted by molar-refractivity contribution is -0.117. The second-order valence-corrected chi connectivity index (χ2v) is 9.79. The lowest BCUT2D eigenvalue weighted by Crippen LogP contribution is -2.45. The Hall–Kier alpha value is -3.27. The highest BCUT2D eigenvalue weighted by Gasteiger charge is 2.27. The van der Waals surface area contributed by atoms with Gasteiger partial charge in [-0.25, -0.2) is 8.42 Å². The molecule has 3 aromatic carbocycles. The topological polar surface area (TPSA) is 103 Å². The molecule has 0 unspecified atom stereocenters. The number of nitrogens with one attached hydrogen (secondary N) is 2. The fourth-order valence-electron chi connectivity index (χ4n) is 3.49. The number of benzene rings is 3. The van der Waals surface area contributed by atoms with Crippen molar-refractivity contribution < 1.29 is 27.4 Å². The maximum atomic E-state index is 13.4. The maximum Gasteiger partial charge on any atom is 0.243 e. The van der Waals surface area contributed by atoms with Gasteiger partial charge in [0.15, 0.2) is 0 Å². The van der Waals surface area contributed by atoms with Gasteiger partial charge in [0.1, 0.15) is 23.3 Å². The molecule has 0 bridgehead atoms. The van der Waals surface area contributed by atoms with Crippen LogP contribution < -0.4 is 24.2 Å². The molecule has 1 atom stereocenters. The SMILES string of the molecule is COc1ccc(S(=O)(=O)N[C@H](Cc2ccccc2)C(=O)Nc2cc(OC)c(Cl)cc2OC)cc1C. The first-order valence-corrected chi connectivity index (χ1v) is 12.5. The predicted molar refractivity (Wildman–Crippen MR) is 135 cm³/mol. The van der Waals surface area contributed by atoms with Crippen molar-refractivity contribution in [3.05, 3.63) is 76.8 Å². The van der Waals surface area contributed by atoms with Crippen LogP contribution in [0, 0.1) is 6.92 Å². The zero-order chi connectivity index (χ0) is 25.6. The van der Waals surface area contributed by atoms with E-state index in [1.165, 1.54) is 45.6 Å². The van der Waals surface area contributed by atoms with E-state index < -0.39 is 22.0 Å². The molecule has 0 fully saturated rings. The Labute approximate surface area is 210 Å². The van der Waals surface area contributed by atoms with E-state index in [0.29, 0.717) is 27.8 Å². The van der Waals surface area contributed by atoms with Gasteiger partial charge in [0.25, 0.3) is 0 Å². The minimum atomic E-state index is -4.04. The highest BCUT2D eigenvalue weighted by atomic mass is 35.5. The number of aryl methyl sites for hydroxylation is 1. The lowest BCUT2D eigenvalue weighted by atomic mass is 10.1. The van der Waals surface area contributed by atoms with Crippen molar-refractivity contribution in [1.29, 1.82) is 0 Å². The molecule has 3 rings (SSSR count). The molecule has 0 radical (unpaired) electrons. The number of halogens is 1. The van der Waals surface area contributed by atoms with Gasteiger partial charge < -0.3 is 19.5 Å². The molecule has 0 spiro atoms. The minimum absolute atomic E-state index is 0.0207. The number of amides is 1. The zero-order valence-electron chi connectivity index (χ0n) is 19.8. The summed E-state index contributed by atoms with van der Waals surface area (Å²) in [6.45, 7) is 1.74. The highest BCUT2D eigenvalue weighted by Crippen LogP contribution is 2.36. The van der Waals surface area contributed by atoms with Crippen LogP contribution in [-0.4, -0.2) is 41.7 Å². The molecule has 10 heteroatoms. The third-order valence-corrected chi connectivity index (χ3v) is 7.07. The smallest absolute Gasteiger partial charge is 0.243 e. The number of rotatable bonds is 10. The number of ether oxygens (including phenoxy) is 3. The summed E-state index contributed by atoms with van der Waals surface area (Å²) < 4.78 is 44.7. The number of sulfonamides is 1. The fraction of sp³-hybridized carbons (Fsp3) is 0.240. The van der Waals surface area contributed by atoms with Crippen LogP contribution in [0.1, 0.15) is 11.1 Å². The van der Waals surface area contributed by atoms with Crippen LogP contribution in [0.25, 0.3) is 0 Å². The molecule has 35 heavy (non-hydrogen) atoms. The summed E-state index contributed by atoms with van der Waals surface area (Å²) in [7, 11) is 0.347. The Bertz CT molecular complexity index is 1300. The second-order valence-electron chi connectivity index (χ2n) is 7.67. The van der Waals surface area contributed by atoms with Gasteiger partial charge >= 0.3 is 0 Å². The third-order valence-electron chi connectivity index (χ3n) is 5.30. The normalized spacial score (nSPS) is 12.0. The van der Waals surface area contributed by atoms with Crippen molar-refractivity contribution in [1.82, 2.24) is 4.72 Å². The molecular formula is C25H27ClN2O6S. The van der Waals surface area contributed by atoms with Gasteiger partial charge in [-0.05, 0) is 42.7 Å². The number of methoxy groups -OCH3 is 3. The van der Waals surface area contributed by atoms with E-state index in [1.807, 2.05) is 30.3 Å². The first kappa shape index (κ1) is 26.3. The molecule has 0 heterocycles. The van der Waals surface area contributed by atoms with Crippen molar-refractivity contribution >= 4 is 33.2 Å². The Balaban J connectivity index is 1.94. The van der Waals surface area contributed by atoms with Gasteiger partial charge in [0.2, 0.25) is 15.9 Å². The fourth-order valence-corrected chi connectivity index (χ4v) is 5.00. The Morgan fingerprint density at radius 3 is 2.17 bits per heavy atom. The van der Waals surface area contributed by atoms with E-state index in [0.717, 1.165) is 5.56 Å². The molecule has 3 aromatic rings. The largest absolute Gasteiger partial charge is 0.496 e. The van der Waals surface area contributed by atoms with E-state index >= 15 is 0 Å². The highest BCUT2D eigenvalue weighted by molar-refractivity contribution is 7.89. The quantitative estimate of drug-likeness (QED) is 0.417. The van der Waals surface area contributed by atoms with Crippen LogP contribution in [0.2, 0.25) is 5.02 Å². The number of hydrogen-bond acceptors (Lipinski definition) is 6. The molecule has 8 nitrogen and oxygen atoms in total. The third kappa shape index (κ3) is 6.45. The van der Waals surface area contributed by atoms with Crippen LogP contribution in [0.3, 0.4) is 0 Å². The van der Waals surface area contributed by atoms with Gasteiger partial charge in [-0.3, -0.25) is 4.79 Å². The first-order chi connectivity index (χ1) is 16.7. The minimum Gasteiger partial charge on any atom is -0.496 e. The summed E-state index contributed by atoms with van der Waals surface area (Å²) in [6.07, 6.45) is 0.119.